The predicted octanol–water partition coefficient (Wildman–Crippen LogP) is 1.15. The molecular weight excluding hydrogens is 202 g/mol. The fourth-order valence-electron chi connectivity index (χ4n) is 1.26. The van der Waals surface area contributed by atoms with Gasteiger partial charge in [-0.3, -0.25) is 4.68 Å². The van der Waals surface area contributed by atoms with Gasteiger partial charge in [0.2, 0.25) is 0 Å². The predicted molar refractivity (Wildman–Crippen MR) is 56.4 cm³/mol. The maximum atomic E-state index is 9.48. The van der Waals surface area contributed by atoms with Gasteiger partial charge in [0.1, 0.15) is 0 Å². The van der Waals surface area contributed by atoms with Crippen LogP contribution in [0, 0.1) is 0 Å². The van der Waals surface area contributed by atoms with Crippen molar-refractivity contribution in [1.29, 1.82) is 0 Å². The second-order valence-electron chi connectivity index (χ2n) is 3.58. The first-order chi connectivity index (χ1) is 6.52. The zero-order valence-corrected chi connectivity index (χ0v) is 9.49. The highest BCUT2D eigenvalue weighted by molar-refractivity contribution is 6.31. The van der Waals surface area contributed by atoms with Gasteiger partial charge in [0.25, 0.3) is 0 Å². The van der Waals surface area contributed by atoms with E-state index in [0.717, 1.165) is 13.1 Å². The number of halogens is 1. The van der Waals surface area contributed by atoms with Gasteiger partial charge in [-0.05, 0) is 21.0 Å². The number of rotatable bonds is 4. The molecule has 0 aliphatic heterocycles. The summed E-state index contributed by atoms with van der Waals surface area (Å²) in [6.45, 7) is 3.30. The lowest BCUT2D eigenvalue weighted by Gasteiger charge is -2.13. The van der Waals surface area contributed by atoms with Crippen LogP contribution >= 0.6 is 11.6 Å². The van der Waals surface area contributed by atoms with E-state index in [0.29, 0.717) is 10.7 Å². The molecule has 1 aromatic rings. The molecule has 1 N–H and O–H groups in total. The van der Waals surface area contributed by atoms with Gasteiger partial charge in [-0.1, -0.05) is 11.6 Å². The normalized spacial score (nSPS) is 13.6. The molecule has 14 heavy (non-hydrogen) atoms. The van der Waals surface area contributed by atoms with Crippen LogP contribution in [-0.4, -0.2) is 40.4 Å². The maximum absolute atomic E-state index is 9.48. The van der Waals surface area contributed by atoms with Gasteiger partial charge in [0, 0.05) is 6.54 Å². The van der Waals surface area contributed by atoms with E-state index in [1.807, 2.05) is 14.1 Å². The number of likely N-dealkylation sites (N-methyl/N-ethyl adjacent to an activating group) is 1. The lowest BCUT2D eigenvalue weighted by molar-refractivity contribution is 0.185. The van der Waals surface area contributed by atoms with Crippen molar-refractivity contribution in [2.45, 2.75) is 19.6 Å². The molecule has 1 heterocycles. The quantitative estimate of drug-likeness (QED) is 0.823. The van der Waals surface area contributed by atoms with Crippen molar-refractivity contribution < 1.29 is 5.11 Å². The molecule has 0 saturated carbocycles. The highest BCUT2D eigenvalue weighted by Gasteiger charge is 2.13. The molecule has 1 aromatic heterocycles. The summed E-state index contributed by atoms with van der Waals surface area (Å²) >= 11 is 5.90. The third kappa shape index (κ3) is 2.70. The molecule has 80 valence electrons. The van der Waals surface area contributed by atoms with Crippen molar-refractivity contribution >= 4 is 11.6 Å². The summed E-state index contributed by atoms with van der Waals surface area (Å²) in [6, 6.07) is 0. The van der Waals surface area contributed by atoms with Crippen LogP contribution in [0.5, 0.6) is 0 Å². The Labute approximate surface area is 89.1 Å². The first kappa shape index (κ1) is 11.5. The van der Waals surface area contributed by atoms with E-state index < -0.39 is 6.10 Å². The number of hydrogen-bond acceptors (Lipinski definition) is 3. The molecule has 0 saturated heterocycles. The second-order valence-corrected chi connectivity index (χ2v) is 3.99. The average molecular weight is 218 g/mol. The van der Waals surface area contributed by atoms with E-state index >= 15 is 0 Å². The smallest absolute Gasteiger partial charge is 0.0943 e. The minimum Gasteiger partial charge on any atom is -0.387 e. The standard InChI is InChI=1S/C9H16ClN3O/c1-7(14)9-8(10)6-11-13(9)5-4-12(2)3/h6-7,14H,4-5H2,1-3H3. The van der Waals surface area contributed by atoms with E-state index in [-0.39, 0.29) is 0 Å². The molecule has 0 bridgehead atoms. The fourth-order valence-corrected chi connectivity index (χ4v) is 1.56. The Morgan fingerprint density at radius 3 is 2.79 bits per heavy atom. The summed E-state index contributed by atoms with van der Waals surface area (Å²) in [5.41, 5.74) is 0.688. The number of aromatic nitrogens is 2. The summed E-state index contributed by atoms with van der Waals surface area (Å²) in [5.74, 6) is 0. The van der Waals surface area contributed by atoms with E-state index in [1.165, 1.54) is 0 Å². The lowest BCUT2D eigenvalue weighted by atomic mass is 10.3. The molecule has 4 nitrogen and oxygen atoms in total. The summed E-state index contributed by atoms with van der Waals surface area (Å²) in [7, 11) is 3.99. The Hall–Kier alpha value is -0.580. The van der Waals surface area contributed by atoms with Gasteiger partial charge in [-0.2, -0.15) is 5.10 Å². The molecule has 0 amide bonds. The largest absolute Gasteiger partial charge is 0.387 e. The first-order valence-electron chi connectivity index (χ1n) is 4.56. The minimum atomic E-state index is -0.577. The first-order valence-corrected chi connectivity index (χ1v) is 4.94. The van der Waals surface area contributed by atoms with Crippen molar-refractivity contribution in [2.24, 2.45) is 0 Å². The monoisotopic (exact) mass is 217 g/mol. The molecule has 0 fully saturated rings. The molecule has 1 unspecified atom stereocenters. The van der Waals surface area contributed by atoms with Gasteiger partial charge in [-0.15, -0.1) is 0 Å². The van der Waals surface area contributed by atoms with Crippen LogP contribution in [0.2, 0.25) is 5.02 Å². The molecular formula is C9H16ClN3O. The average Bonchev–Trinajstić information content (AvgIpc) is 2.43. The Morgan fingerprint density at radius 1 is 1.64 bits per heavy atom. The molecule has 1 atom stereocenters. The van der Waals surface area contributed by atoms with Crippen LogP contribution in [0.4, 0.5) is 0 Å². The molecule has 0 aliphatic rings. The van der Waals surface area contributed by atoms with Crippen LogP contribution < -0.4 is 0 Å². The number of aliphatic hydroxyl groups excluding tert-OH is 1. The number of nitrogens with zero attached hydrogens (tertiary/aromatic N) is 3. The van der Waals surface area contributed by atoms with Gasteiger partial charge in [0.15, 0.2) is 0 Å². The lowest BCUT2D eigenvalue weighted by Crippen LogP contribution is -2.20. The van der Waals surface area contributed by atoms with Crippen molar-refractivity contribution in [3.05, 3.63) is 16.9 Å². The Balaban J connectivity index is 2.76. The number of aliphatic hydroxyl groups is 1. The topological polar surface area (TPSA) is 41.3 Å². The zero-order chi connectivity index (χ0) is 10.7. The molecule has 0 spiro atoms. The van der Waals surface area contributed by atoms with Crippen LogP contribution in [0.25, 0.3) is 0 Å². The fraction of sp³-hybridized carbons (Fsp3) is 0.667. The van der Waals surface area contributed by atoms with Crippen LogP contribution in [0.1, 0.15) is 18.7 Å². The molecule has 0 aliphatic carbocycles. The van der Waals surface area contributed by atoms with Crippen LogP contribution in [-0.2, 0) is 6.54 Å². The Kier molecular flexibility index (Phi) is 3.92. The Morgan fingerprint density at radius 2 is 2.29 bits per heavy atom. The Bertz CT molecular complexity index is 296. The summed E-state index contributed by atoms with van der Waals surface area (Å²) in [4.78, 5) is 2.06. The van der Waals surface area contributed by atoms with Gasteiger partial charge >= 0.3 is 0 Å². The van der Waals surface area contributed by atoms with Gasteiger partial charge < -0.3 is 10.0 Å². The summed E-state index contributed by atoms with van der Waals surface area (Å²) in [5, 5.41) is 14.1. The van der Waals surface area contributed by atoms with E-state index in [4.69, 9.17) is 11.6 Å². The van der Waals surface area contributed by atoms with Crippen LogP contribution in [0.3, 0.4) is 0 Å². The van der Waals surface area contributed by atoms with E-state index in [9.17, 15) is 5.11 Å². The summed E-state index contributed by atoms with van der Waals surface area (Å²) < 4.78 is 1.74. The van der Waals surface area contributed by atoms with E-state index in [1.54, 1.807) is 17.8 Å². The van der Waals surface area contributed by atoms with Crippen LogP contribution in [0.15, 0.2) is 6.20 Å². The van der Waals surface area contributed by atoms with Crippen molar-refractivity contribution in [1.82, 2.24) is 14.7 Å². The van der Waals surface area contributed by atoms with Crippen molar-refractivity contribution in [3.8, 4) is 0 Å². The maximum Gasteiger partial charge on any atom is 0.0943 e. The third-order valence-electron chi connectivity index (χ3n) is 1.99. The molecule has 1 rings (SSSR count). The van der Waals surface area contributed by atoms with Crippen molar-refractivity contribution in [3.63, 3.8) is 0 Å². The highest BCUT2D eigenvalue weighted by atomic mass is 35.5. The van der Waals surface area contributed by atoms with Gasteiger partial charge in [-0.25, -0.2) is 0 Å². The second kappa shape index (κ2) is 4.77. The minimum absolute atomic E-state index is 0.527. The van der Waals surface area contributed by atoms with Gasteiger partial charge in [0.05, 0.1) is 29.6 Å². The molecule has 5 heteroatoms. The van der Waals surface area contributed by atoms with E-state index in [2.05, 4.69) is 10.00 Å². The highest BCUT2D eigenvalue weighted by Crippen LogP contribution is 2.21. The third-order valence-corrected chi connectivity index (χ3v) is 2.28. The zero-order valence-electron chi connectivity index (χ0n) is 8.74. The SMILES string of the molecule is CC(O)c1c(Cl)cnn1CCN(C)C. The molecule has 0 aromatic carbocycles. The summed E-state index contributed by atoms with van der Waals surface area (Å²) in [6.07, 6.45) is 0.992. The molecule has 0 radical (unpaired) electrons. The number of hydrogen-bond donors (Lipinski definition) is 1. The van der Waals surface area contributed by atoms with Crippen molar-refractivity contribution in [2.75, 3.05) is 20.6 Å².